The van der Waals surface area contributed by atoms with Crippen molar-refractivity contribution in [3.63, 3.8) is 0 Å². The molecule has 0 saturated heterocycles. The van der Waals surface area contributed by atoms with Crippen LogP contribution in [0.15, 0.2) is 12.5 Å². The number of hydrogen-bond donors (Lipinski definition) is 1. The smallest absolute Gasteiger partial charge is 0.319 e. The zero-order valence-electron chi connectivity index (χ0n) is 12.3. The number of fused-ring (bicyclic) bond motifs is 1. The van der Waals surface area contributed by atoms with Crippen molar-refractivity contribution in [2.75, 3.05) is 6.61 Å². The fourth-order valence-electron chi connectivity index (χ4n) is 3.13. The number of imidazole rings is 1. The summed E-state index contributed by atoms with van der Waals surface area (Å²) in [4.78, 5) is 28.6. The van der Waals surface area contributed by atoms with Crippen LogP contribution < -0.4 is 0 Å². The van der Waals surface area contributed by atoms with Gasteiger partial charge in [-0.05, 0) is 19.8 Å². The number of esters is 1. The maximum atomic E-state index is 12.6. The van der Waals surface area contributed by atoms with E-state index >= 15 is 0 Å². The zero-order chi connectivity index (χ0) is 14.7. The summed E-state index contributed by atoms with van der Waals surface area (Å²) in [6, 6.07) is 0. The Labute approximate surface area is 123 Å². The molecular formula is C15H20N4O2. The largest absolute Gasteiger partial charge is 0.465 e. The van der Waals surface area contributed by atoms with Gasteiger partial charge in [0.1, 0.15) is 23.1 Å². The summed E-state index contributed by atoms with van der Waals surface area (Å²) in [6.45, 7) is 2.23. The molecule has 2 aromatic rings. The molecule has 0 radical (unpaired) electrons. The van der Waals surface area contributed by atoms with Crippen LogP contribution in [0.5, 0.6) is 0 Å². The van der Waals surface area contributed by atoms with E-state index < -0.39 is 5.41 Å². The minimum absolute atomic E-state index is 0.168. The van der Waals surface area contributed by atoms with Crippen molar-refractivity contribution in [3.8, 4) is 0 Å². The average molecular weight is 288 g/mol. The summed E-state index contributed by atoms with van der Waals surface area (Å²) in [5.74, 6) is 0.511. The van der Waals surface area contributed by atoms with Crippen LogP contribution in [0.2, 0.25) is 0 Å². The predicted octanol–water partition coefficient (Wildman–Crippen LogP) is 2.51. The minimum Gasteiger partial charge on any atom is -0.465 e. The number of aromatic amines is 1. The van der Waals surface area contributed by atoms with E-state index in [1.54, 1.807) is 6.20 Å². The van der Waals surface area contributed by atoms with Crippen LogP contribution >= 0.6 is 0 Å². The van der Waals surface area contributed by atoms with Crippen LogP contribution in [0.4, 0.5) is 0 Å². The molecule has 1 aliphatic carbocycles. The van der Waals surface area contributed by atoms with Gasteiger partial charge < -0.3 is 9.72 Å². The molecule has 0 aliphatic heterocycles. The Bertz CT molecular complexity index is 596. The first kappa shape index (κ1) is 14.0. The van der Waals surface area contributed by atoms with Crippen LogP contribution in [-0.2, 0) is 14.9 Å². The molecule has 1 aliphatic rings. The molecule has 2 aromatic heterocycles. The lowest BCUT2D eigenvalue weighted by Gasteiger charge is -2.28. The Hall–Kier alpha value is -1.98. The third-order valence-corrected chi connectivity index (χ3v) is 4.24. The highest BCUT2D eigenvalue weighted by atomic mass is 16.5. The van der Waals surface area contributed by atoms with Gasteiger partial charge in [0.25, 0.3) is 0 Å². The van der Waals surface area contributed by atoms with E-state index in [0.29, 0.717) is 18.1 Å². The molecule has 0 bridgehead atoms. The molecule has 1 saturated carbocycles. The first-order valence-electron chi connectivity index (χ1n) is 7.60. The maximum Gasteiger partial charge on any atom is 0.319 e. The summed E-state index contributed by atoms with van der Waals surface area (Å²) in [5, 5.41) is 0. The Morgan fingerprint density at radius 2 is 2.10 bits per heavy atom. The number of hydrogen-bond acceptors (Lipinski definition) is 5. The molecule has 1 fully saturated rings. The molecule has 2 heterocycles. The van der Waals surface area contributed by atoms with Gasteiger partial charge in [0, 0.05) is 0 Å². The fraction of sp³-hybridized carbons (Fsp3) is 0.600. The number of H-pyrrole nitrogens is 1. The van der Waals surface area contributed by atoms with Gasteiger partial charge in [0.05, 0.1) is 12.8 Å². The molecule has 3 rings (SSSR count). The van der Waals surface area contributed by atoms with Crippen LogP contribution in [0, 0.1) is 0 Å². The molecule has 112 valence electrons. The summed E-state index contributed by atoms with van der Waals surface area (Å²) < 4.78 is 5.36. The van der Waals surface area contributed by atoms with E-state index in [9.17, 15) is 4.79 Å². The van der Waals surface area contributed by atoms with E-state index in [1.165, 1.54) is 6.33 Å². The SMILES string of the molecule is CCOC(=O)C1(c2nc3ncncc3[nH]2)CCCCCC1. The lowest BCUT2D eigenvalue weighted by Crippen LogP contribution is -2.38. The van der Waals surface area contributed by atoms with Gasteiger partial charge in [0.15, 0.2) is 5.65 Å². The quantitative estimate of drug-likeness (QED) is 0.693. The van der Waals surface area contributed by atoms with Gasteiger partial charge in [-0.3, -0.25) is 4.79 Å². The summed E-state index contributed by atoms with van der Waals surface area (Å²) in [5.41, 5.74) is 0.709. The number of carbonyl (C=O) groups is 1. The number of rotatable bonds is 3. The number of nitrogens with zero attached hydrogens (tertiary/aromatic N) is 3. The van der Waals surface area contributed by atoms with Crippen molar-refractivity contribution in [3.05, 3.63) is 18.3 Å². The fourth-order valence-corrected chi connectivity index (χ4v) is 3.13. The molecule has 6 nitrogen and oxygen atoms in total. The van der Waals surface area contributed by atoms with Gasteiger partial charge >= 0.3 is 5.97 Å². The summed E-state index contributed by atoms with van der Waals surface area (Å²) in [6.07, 6.45) is 9.05. The van der Waals surface area contributed by atoms with Crippen LogP contribution in [0.1, 0.15) is 51.3 Å². The Balaban J connectivity index is 2.06. The molecular weight excluding hydrogens is 268 g/mol. The lowest BCUT2D eigenvalue weighted by atomic mass is 9.79. The maximum absolute atomic E-state index is 12.6. The van der Waals surface area contributed by atoms with Gasteiger partial charge in [-0.15, -0.1) is 0 Å². The second-order valence-electron chi connectivity index (χ2n) is 5.56. The summed E-state index contributed by atoms with van der Waals surface area (Å²) in [7, 11) is 0. The second kappa shape index (κ2) is 5.79. The molecule has 0 amide bonds. The molecule has 0 aromatic carbocycles. The zero-order valence-corrected chi connectivity index (χ0v) is 12.3. The topological polar surface area (TPSA) is 80.8 Å². The molecule has 0 spiro atoms. The second-order valence-corrected chi connectivity index (χ2v) is 5.56. The Kier molecular flexibility index (Phi) is 3.86. The van der Waals surface area contributed by atoms with Gasteiger partial charge in [0.2, 0.25) is 0 Å². The van der Waals surface area contributed by atoms with E-state index in [-0.39, 0.29) is 5.97 Å². The van der Waals surface area contributed by atoms with Crippen molar-refractivity contribution in [1.29, 1.82) is 0 Å². The van der Waals surface area contributed by atoms with Crippen molar-refractivity contribution in [1.82, 2.24) is 19.9 Å². The highest BCUT2D eigenvalue weighted by molar-refractivity contribution is 5.83. The minimum atomic E-state index is -0.660. The van der Waals surface area contributed by atoms with E-state index in [4.69, 9.17) is 4.74 Å². The number of aromatic nitrogens is 4. The third-order valence-electron chi connectivity index (χ3n) is 4.24. The van der Waals surface area contributed by atoms with Gasteiger partial charge in [-0.2, -0.15) is 0 Å². The molecule has 1 N–H and O–H groups in total. The number of carbonyl (C=O) groups excluding carboxylic acids is 1. The van der Waals surface area contributed by atoms with Crippen LogP contribution in [-0.4, -0.2) is 32.5 Å². The first-order chi connectivity index (χ1) is 10.3. The van der Waals surface area contributed by atoms with Crippen molar-refractivity contribution in [2.24, 2.45) is 0 Å². The summed E-state index contributed by atoms with van der Waals surface area (Å²) >= 11 is 0. The lowest BCUT2D eigenvalue weighted by molar-refractivity contribution is -0.151. The first-order valence-corrected chi connectivity index (χ1v) is 7.60. The molecule has 21 heavy (non-hydrogen) atoms. The Morgan fingerprint density at radius 3 is 2.76 bits per heavy atom. The predicted molar refractivity (Wildman–Crippen MR) is 77.7 cm³/mol. The van der Waals surface area contributed by atoms with E-state index in [1.807, 2.05) is 6.92 Å². The highest BCUT2D eigenvalue weighted by Crippen LogP contribution is 2.38. The van der Waals surface area contributed by atoms with Gasteiger partial charge in [-0.1, -0.05) is 25.7 Å². The van der Waals surface area contributed by atoms with Crippen molar-refractivity contribution in [2.45, 2.75) is 50.9 Å². The molecule has 0 unspecified atom stereocenters. The van der Waals surface area contributed by atoms with Crippen LogP contribution in [0.3, 0.4) is 0 Å². The third kappa shape index (κ3) is 2.50. The van der Waals surface area contributed by atoms with Crippen molar-refractivity contribution >= 4 is 17.1 Å². The Morgan fingerprint density at radius 1 is 1.33 bits per heavy atom. The normalized spacial score (nSPS) is 18.3. The average Bonchev–Trinajstić information content (AvgIpc) is 2.77. The van der Waals surface area contributed by atoms with Gasteiger partial charge in [-0.25, -0.2) is 15.0 Å². The van der Waals surface area contributed by atoms with Crippen LogP contribution in [0.25, 0.3) is 11.2 Å². The molecule has 6 heteroatoms. The van der Waals surface area contributed by atoms with E-state index in [0.717, 1.165) is 44.0 Å². The van der Waals surface area contributed by atoms with E-state index in [2.05, 4.69) is 19.9 Å². The standard InChI is InChI=1S/C15H20N4O2/c1-2-21-14(20)15(7-5-3-4-6-8-15)13-18-11-9-16-10-17-12(11)19-13/h9-10H,2-8H2,1H3,(H,16,17,18,19). The van der Waals surface area contributed by atoms with Crippen molar-refractivity contribution < 1.29 is 9.53 Å². The highest BCUT2D eigenvalue weighted by Gasteiger charge is 2.44. The monoisotopic (exact) mass is 288 g/mol. The number of ether oxygens (including phenoxy) is 1. The molecule has 0 atom stereocenters. The number of nitrogens with one attached hydrogen (secondary N) is 1.